The van der Waals surface area contributed by atoms with Gasteiger partial charge >= 0.3 is 0 Å². The first-order chi connectivity index (χ1) is 9.51. The third-order valence-corrected chi connectivity index (χ3v) is 3.16. The molecule has 2 aromatic rings. The van der Waals surface area contributed by atoms with Crippen LogP contribution in [-0.2, 0) is 4.79 Å². The molecule has 1 aromatic heterocycles. The van der Waals surface area contributed by atoms with E-state index in [-0.39, 0.29) is 5.57 Å². The molecule has 0 saturated heterocycles. The quantitative estimate of drug-likeness (QED) is 0.694. The van der Waals surface area contributed by atoms with Gasteiger partial charge < -0.3 is 10.2 Å². The van der Waals surface area contributed by atoms with Crippen LogP contribution in [0.3, 0.4) is 0 Å². The van der Waals surface area contributed by atoms with Crippen molar-refractivity contribution in [2.24, 2.45) is 5.73 Å². The molecule has 0 radical (unpaired) electrons. The van der Waals surface area contributed by atoms with E-state index in [2.05, 4.69) is 0 Å². The van der Waals surface area contributed by atoms with E-state index in [4.69, 9.17) is 27.0 Å². The zero-order valence-electron chi connectivity index (χ0n) is 10.7. The summed E-state index contributed by atoms with van der Waals surface area (Å²) in [6.45, 7) is 1.91. The number of nitriles is 1. The van der Waals surface area contributed by atoms with E-state index < -0.39 is 5.91 Å². The van der Waals surface area contributed by atoms with Crippen LogP contribution in [0.5, 0.6) is 0 Å². The van der Waals surface area contributed by atoms with Gasteiger partial charge in [0.05, 0.1) is 0 Å². The molecule has 1 heterocycles. The molecule has 20 heavy (non-hydrogen) atoms. The second-order valence-corrected chi connectivity index (χ2v) is 4.61. The Bertz CT molecular complexity index is 739. The van der Waals surface area contributed by atoms with Crippen molar-refractivity contribution in [1.29, 1.82) is 5.26 Å². The van der Waals surface area contributed by atoms with Crippen LogP contribution in [0.15, 0.2) is 40.3 Å². The number of rotatable bonds is 3. The topological polar surface area (TPSA) is 80.0 Å². The average Bonchev–Trinajstić information content (AvgIpc) is 2.87. The number of halogens is 1. The molecule has 1 aromatic carbocycles. The maximum absolute atomic E-state index is 11.0. The van der Waals surface area contributed by atoms with Gasteiger partial charge in [0.25, 0.3) is 5.91 Å². The zero-order chi connectivity index (χ0) is 14.7. The largest absolute Gasteiger partial charge is 0.457 e. The monoisotopic (exact) mass is 286 g/mol. The number of benzene rings is 1. The van der Waals surface area contributed by atoms with Crippen LogP contribution in [0.4, 0.5) is 0 Å². The molecule has 0 aliphatic heterocycles. The minimum absolute atomic E-state index is 0.159. The minimum Gasteiger partial charge on any atom is -0.457 e. The van der Waals surface area contributed by atoms with Crippen molar-refractivity contribution in [3.05, 3.63) is 52.3 Å². The molecular formula is C15H11ClN2O2. The maximum atomic E-state index is 11.0. The molecular weight excluding hydrogens is 276 g/mol. The third-order valence-electron chi connectivity index (χ3n) is 2.76. The van der Waals surface area contributed by atoms with Crippen molar-refractivity contribution in [3.63, 3.8) is 0 Å². The molecule has 1 amide bonds. The first-order valence-corrected chi connectivity index (χ1v) is 6.17. The van der Waals surface area contributed by atoms with Crippen LogP contribution in [0, 0.1) is 18.3 Å². The van der Waals surface area contributed by atoms with E-state index in [1.54, 1.807) is 24.3 Å². The van der Waals surface area contributed by atoms with Crippen LogP contribution < -0.4 is 5.73 Å². The zero-order valence-corrected chi connectivity index (χ0v) is 11.4. The van der Waals surface area contributed by atoms with Crippen LogP contribution in [-0.4, -0.2) is 5.91 Å². The molecule has 0 spiro atoms. The summed E-state index contributed by atoms with van der Waals surface area (Å²) < 4.78 is 5.55. The van der Waals surface area contributed by atoms with Gasteiger partial charge in [-0.3, -0.25) is 4.79 Å². The number of nitrogens with zero attached hydrogens (tertiary/aromatic N) is 1. The molecule has 5 heteroatoms. The summed E-state index contributed by atoms with van der Waals surface area (Å²) >= 11 is 6.06. The molecule has 2 N–H and O–H groups in total. The number of amides is 1. The van der Waals surface area contributed by atoms with Gasteiger partial charge in [-0.15, -0.1) is 0 Å². The van der Waals surface area contributed by atoms with E-state index in [0.29, 0.717) is 16.5 Å². The second kappa shape index (κ2) is 5.64. The predicted molar refractivity (Wildman–Crippen MR) is 76.7 cm³/mol. The Morgan fingerprint density at radius 3 is 2.75 bits per heavy atom. The Balaban J connectivity index is 2.36. The maximum Gasteiger partial charge on any atom is 0.259 e. The normalized spacial score (nSPS) is 11.2. The van der Waals surface area contributed by atoms with E-state index in [9.17, 15) is 4.79 Å². The SMILES string of the molecule is Cc1ccc(-c2ccc(/C=C(/C#N)C(N)=O)o2)cc1Cl. The Hall–Kier alpha value is -2.51. The van der Waals surface area contributed by atoms with Gasteiger partial charge in [0, 0.05) is 16.7 Å². The van der Waals surface area contributed by atoms with Crippen molar-refractivity contribution < 1.29 is 9.21 Å². The Morgan fingerprint density at radius 1 is 1.40 bits per heavy atom. The summed E-state index contributed by atoms with van der Waals surface area (Å²) in [6, 6.07) is 10.7. The van der Waals surface area contributed by atoms with E-state index in [0.717, 1.165) is 11.1 Å². The fourth-order valence-electron chi connectivity index (χ4n) is 1.63. The van der Waals surface area contributed by atoms with E-state index >= 15 is 0 Å². The number of hydrogen-bond acceptors (Lipinski definition) is 3. The molecule has 0 aliphatic carbocycles. The van der Waals surface area contributed by atoms with Gasteiger partial charge in [-0.05, 0) is 30.7 Å². The number of carbonyl (C=O) groups excluding carboxylic acids is 1. The lowest BCUT2D eigenvalue weighted by Gasteiger charge is -2.00. The molecule has 0 fully saturated rings. The fraction of sp³-hybridized carbons (Fsp3) is 0.0667. The van der Waals surface area contributed by atoms with Crippen molar-refractivity contribution in [2.45, 2.75) is 6.92 Å². The number of hydrogen-bond donors (Lipinski definition) is 1. The Labute approximate surface area is 121 Å². The number of carbonyl (C=O) groups is 1. The number of aryl methyl sites for hydroxylation is 1. The first-order valence-electron chi connectivity index (χ1n) is 5.79. The summed E-state index contributed by atoms with van der Waals surface area (Å²) in [7, 11) is 0. The number of primary amides is 1. The van der Waals surface area contributed by atoms with Crippen LogP contribution >= 0.6 is 11.6 Å². The van der Waals surface area contributed by atoms with E-state index in [1.807, 2.05) is 19.1 Å². The summed E-state index contributed by atoms with van der Waals surface area (Å²) in [6.07, 6.45) is 1.31. The van der Waals surface area contributed by atoms with Crippen LogP contribution in [0.2, 0.25) is 5.02 Å². The molecule has 0 aliphatic rings. The molecule has 2 rings (SSSR count). The van der Waals surface area contributed by atoms with Crippen molar-refractivity contribution in [3.8, 4) is 17.4 Å². The minimum atomic E-state index is -0.788. The highest BCUT2D eigenvalue weighted by molar-refractivity contribution is 6.31. The molecule has 0 saturated carbocycles. The predicted octanol–water partition coefficient (Wildman–Crippen LogP) is 3.30. The lowest BCUT2D eigenvalue weighted by molar-refractivity contribution is -0.114. The highest BCUT2D eigenvalue weighted by atomic mass is 35.5. The Kier molecular flexibility index (Phi) is 3.92. The smallest absolute Gasteiger partial charge is 0.259 e. The molecule has 4 nitrogen and oxygen atoms in total. The lowest BCUT2D eigenvalue weighted by Crippen LogP contribution is -2.12. The average molecular weight is 287 g/mol. The fourth-order valence-corrected chi connectivity index (χ4v) is 1.81. The van der Waals surface area contributed by atoms with Crippen molar-refractivity contribution in [2.75, 3.05) is 0 Å². The van der Waals surface area contributed by atoms with Crippen LogP contribution in [0.25, 0.3) is 17.4 Å². The van der Waals surface area contributed by atoms with Crippen LogP contribution in [0.1, 0.15) is 11.3 Å². The lowest BCUT2D eigenvalue weighted by atomic mass is 10.1. The highest BCUT2D eigenvalue weighted by Gasteiger charge is 2.08. The molecule has 0 atom stereocenters. The highest BCUT2D eigenvalue weighted by Crippen LogP contribution is 2.27. The number of nitrogens with two attached hydrogens (primary N) is 1. The van der Waals surface area contributed by atoms with E-state index in [1.165, 1.54) is 6.08 Å². The van der Waals surface area contributed by atoms with Gasteiger partial charge in [-0.2, -0.15) is 5.26 Å². The number of furan rings is 1. The molecule has 0 bridgehead atoms. The molecule has 100 valence electrons. The van der Waals surface area contributed by atoms with Gasteiger partial charge in [0.2, 0.25) is 0 Å². The van der Waals surface area contributed by atoms with Gasteiger partial charge in [0.15, 0.2) is 0 Å². The van der Waals surface area contributed by atoms with Gasteiger partial charge in [0.1, 0.15) is 23.2 Å². The second-order valence-electron chi connectivity index (χ2n) is 4.20. The first kappa shape index (κ1) is 13.9. The molecule has 0 unspecified atom stereocenters. The Morgan fingerprint density at radius 2 is 2.15 bits per heavy atom. The summed E-state index contributed by atoms with van der Waals surface area (Å²) in [5.41, 5.74) is 6.69. The standard InChI is InChI=1S/C15H11ClN2O2/c1-9-2-3-10(7-13(9)16)14-5-4-12(20-14)6-11(8-17)15(18)19/h2-7H,1H3,(H2,18,19)/b11-6-. The van der Waals surface area contributed by atoms with Crippen molar-refractivity contribution >= 4 is 23.6 Å². The van der Waals surface area contributed by atoms with Gasteiger partial charge in [-0.1, -0.05) is 23.7 Å². The summed E-state index contributed by atoms with van der Waals surface area (Å²) in [5.74, 6) is 0.191. The summed E-state index contributed by atoms with van der Waals surface area (Å²) in [5, 5.41) is 9.41. The van der Waals surface area contributed by atoms with Gasteiger partial charge in [-0.25, -0.2) is 0 Å². The summed E-state index contributed by atoms with van der Waals surface area (Å²) in [4.78, 5) is 11.0. The van der Waals surface area contributed by atoms with Crippen molar-refractivity contribution in [1.82, 2.24) is 0 Å². The third kappa shape index (κ3) is 2.90.